The lowest BCUT2D eigenvalue weighted by Gasteiger charge is -2.22. The monoisotopic (exact) mass is 398 g/mol. The van der Waals surface area contributed by atoms with Crippen molar-refractivity contribution in [3.63, 3.8) is 0 Å². The van der Waals surface area contributed by atoms with E-state index in [1.807, 2.05) is 28.5 Å². The Bertz CT molecular complexity index is 844. The number of amides is 3. The number of hydrogen-bond donors (Lipinski definition) is 2. The van der Waals surface area contributed by atoms with Gasteiger partial charge in [0, 0.05) is 30.1 Å². The smallest absolute Gasteiger partial charge is 0.321 e. The van der Waals surface area contributed by atoms with Crippen LogP contribution in [0.15, 0.2) is 29.6 Å². The molecule has 3 amide bonds. The van der Waals surface area contributed by atoms with Gasteiger partial charge in [0.15, 0.2) is 5.13 Å². The molecule has 0 unspecified atom stereocenters. The van der Waals surface area contributed by atoms with Crippen molar-refractivity contribution in [2.24, 2.45) is 0 Å². The molecule has 1 aromatic heterocycles. The van der Waals surface area contributed by atoms with Crippen molar-refractivity contribution >= 4 is 34.1 Å². The number of nitrogens with zero attached hydrogens (tertiary/aromatic N) is 2. The maximum atomic E-state index is 12.6. The Kier molecular flexibility index (Phi) is 5.90. The molecule has 1 aromatic carbocycles. The maximum absolute atomic E-state index is 12.6. The molecule has 0 radical (unpaired) electrons. The number of rotatable bonds is 5. The summed E-state index contributed by atoms with van der Waals surface area (Å²) in [4.78, 5) is 31.1. The van der Waals surface area contributed by atoms with E-state index in [9.17, 15) is 9.59 Å². The molecule has 1 saturated carbocycles. The number of carbonyl (C=O) groups is 2. The lowest BCUT2D eigenvalue weighted by molar-refractivity contribution is -0.118. The predicted molar refractivity (Wildman–Crippen MR) is 112 cm³/mol. The van der Waals surface area contributed by atoms with E-state index in [0.29, 0.717) is 18.0 Å². The summed E-state index contributed by atoms with van der Waals surface area (Å²) in [6, 6.07) is 8.17. The van der Waals surface area contributed by atoms with Gasteiger partial charge in [-0.15, -0.1) is 11.3 Å². The highest BCUT2D eigenvalue weighted by molar-refractivity contribution is 7.13. The zero-order valence-electron chi connectivity index (χ0n) is 15.9. The average Bonchev–Trinajstić information content (AvgIpc) is 3.33. The van der Waals surface area contributed by atoms with Crippen LogP contribution in [0.5, 0.6) is 0 Å². The van der Waals surface area contributed by atoms with Crippen LogP contribution < -0.4 is 15.5 Å². The number of hydrogen-bond acceptors (Lipinski definition) is 4. The summed E-state index contributed by atoms with van der Waals surface area (Å²) in [5.74, 6) is 0.127. The highest BCUT2D eigenvalue weighted by Crippen LogP contribution is 2.28. The largest absolute Gasteiger partial charge is 0.335 e. The van der Waals surface area contributed by atoms with Crippen molar-refractivity contribution in [2.45, 2.75) is 57.4 Å². The number of anilines is 2. The second-order valence-electron chi connectivity index (χ2n) is 7.50. The van der Waals surface area contributed by atoms with Crippen LogP contribution >= 0.6 is 11.3 Å². The number of aromatic nitrogens is 1. The second-order valence-corrected chi connectivity index (χ2v) is 8.36. The van der Waals surface area contributed by atoms with Gasteiger partial charge in [0.1, 0.15) is 0 Å². The van der Waals surface area contributed by atoms with E-state index in [4.69, 9.17) is 0 Å². The summed E-state index contributed by atoms with van der Waals surface area (Å²) < 4.78 is 0. The number of fused-ring (bicyclic) bond motifs is 1. The normalized spacial score (nSPS) is 16.6. The van der Waals surface area contributed by atoms with Gasteiger partial charge in [-0.3, -0.25) is 10.1 Å². The van der Waals surface area contributed by atoms with Gasteiger partial charge in [0.05, 0.1) is 5.69 Å². The number of benzene rings is 1. The van der Waals surface area contributed by atoms with Crippen LogP contribution in [0.1, 0.15) is 49.8 Å². The molecule has 2 aromatic rings. The number of urea groups is 1. The van der Waals surface area contributed by atoms with Gasteiger partial charge in [-0.05, 0) is 37.3 Å². The molecule has 1 aliphatic carbocycles. The molecule has 6 nitrogen and oxygen atoms in total. The first-order chi connectivity index (χ1) is 13.7. The van der Waals surface area contributed by atoms with E-state index >= 15 is 0 Å². The Labute approximate surface area is 169 Å². The van der Waals surface area contributed by atoms with E-state index in [1.54, 1.807) is 0 Å². The molecule has 7 heteroatoms. The summed E-state index contributed by atoms with van der Waals surface area (Å²) in [5, 5.41) is 8.36. The molecule has 0 saturated heterocycles. The molecule has 0 spiro atoms. The molecular weight excluding hydrogens is 372 g/mol. The highest BCUT2D eigenvalue weighted by atomic mass is 32.1. The van der Waals surface area contributed by atoms with Gasteiger partial charge < -0.3 is 10.2 Å². The van der Waals surface area contributed by atoms with Crippen LogP contribution in [0.2, 0.25) is 0 Å². The van der Waals surface area contributed by atoms with Crippen molar-refractivity contribution in [3.05, 3.63) is 40.9 Å². The molecule has 28 heavy (non-hydrogen) atoms. The Morgan fingerprint density at radius 1 is 1.18 bits per heavy atom. The van der Waals surface area contributed by atoms with E-state index in [1.165, 1.54) is 36.2 Å². The van der Waals surface area contributed by atoms with Gasteiger partial charge in [-0.1, -0.05) is 37.5 Å². The Balaban J connectivity index is 1.26. The van der Waals surface area contributed by atoms with Crippen molar-refractivity contribution in [2.75, 3.05) is 16.8 Å². The first-order valence-corrected chi connectivity index (χ1v) is 11.0. The predicted octanol–water partition coefficient (Wildman–Crippen LogP) is 4.12. The van der Waals surface area contributed by atoms with Crippen molar-refractivity contribution in [3.8, 4) is 0 Å². The number of aryl methyl sites for hydroxylation is 1. The van der Waals surface area contributed by atoms with Crippen molar-refractivity contribution < 1.29 is 9.59 Å². The quantitative estimate of drug-likeness (QED) is 0.796. The molecule has 148 valence electrons. The number of para-hydroxylation sites is 1. The third-order valence-electron chi connectivity index (χ3n) is 5.50. The van der Waals surface area contributed by atoms with E-state index in [-0.39, 0.29) is 18.0 Å². The highest BCUT2D eigenvalue weighted by Gasteiger charge is 2.24. The second kappa shape index (κ2) is 8.73. The number of carbonyl (C=O) groups excluding carboxylic acids is 2. The SMILES string of the molecule is O=C(Nc1nc(CCC(=O)N2CCc3ccccc32)cs1)NC1CCCCC1. The lowest BCUT2D eigenvalue weighted by atomic mass is 9.96. The fourth-order valence-electron chi connectivity index (χ4n) is 4.01. The average molecular weight is 399 g/mol. The Morgan fingerprint density at radius 3 is 2.86 bits per heavy atom. The van der Waals surface area contributed by atoms with Gasteiger partial charge >= 0.3 is 6.03 Å². The van der Waals surface area contributed by atoms with Crippen LogP contribution in [0.3, 0.4) is 0 Å². The first kappa shape index (κ1) is 18.9. The van der Waals surface area contributed by atoms with Crippen LogP contribution in [0, 0.1) is 0 Å². The molecule has 4 rings (SSSR count). The molecule has 0 atom stereocenters. The first-order valence-electron chi connectivity index (χ1n) is 10.1. The number of thiazole rings is 1. The minimum Gasteiger partial charge on any atom is -0.335 e. The van der Waals surface area contributed by atoms with E-state index in [2.05, 4.69) is 21.7 Å². The van der Waals surface area contributed by atoms with Gasteiger partial charge in [-0.25, -0.2) is 9.78 Å². The van der Waals surface area contributed by atoms with Gasteiger partial charge in [0.25, 0.3) is 0 Å². The van der Waals surface area contributed by atoms with E-state index < -0.39 is 0 Å². The maximum Gasteiger partial charge on any atom is 0.321 e. The van der Waals surface area contributed by atoms with Crippen LogP contribution in [0.25, 0.3) is 0 Å². The zero-order chi connectivity index (χ0) is 19.3. The molecule has 1 aliphatic heterocycles. The summed E-state index contributed by atoms with van der Waals surface area (Å²) >= 11 is 1.40. The van der Waals surface area contributed by atoms with Crippen LogP contribution in [-0.2, 0) is 17.6 Å². The Morgan fingerprint density at radius 2 is 2.00 bits per heavy atom. The molecule has 0 bridgehead atoms. The summed E-state index contributed by atoms with van der Waals surface area (Å²) in [6.45, 7) is 0.753. The van der Waals surface area contributed by atoms with Crippen LogP contribution in [-0.4, -0.2) is 29.5 Å². The molecule has 1 fully saturated rings. The minimum absolute atomic E-state index is 0.127. The van der Waals surface area contributed by atoms with Crippen LogP contribution in [0.4, 0.5) is 15.6 Å². The fourth-order valence-corrected chi connectivity index (χ4v) is 4.75. The lowest BCUT2D eigenvalue weighted by Crippen LogP contribution is -2.39. The van der Waals surface area contributed by atoms with Gasteiger partial charge in [0.2, 0.25) is 5.91 Å². The molecular formula is C21H26N4O2S. The third kappa shape index (κ3) is 4.52. The summed E-state index contributed by atoms with van der Waals surface area (Å²) in [7, 11) is 0. The summed E-state index contributed by atoms with van der Waals surface area (Å²) in [5.41, 5.74) is 3.12. The molecule has 2 N–H and O–H groups in total. The van der Waals surface area contributed by atoms with E-state index in [0.717, 1.165) is 37.2 Å². The molecule has 2 aliphatic rings. The zero-order valence-corrected chi connectivity index (χ0v) is 16.8. The fraction of sp³-hybridized carbons (Fsp3) is 0.476. The summed E-state index contributed by atoms with van der Waals surface area (Å²) in [6.07, 6.45) is 7.66. The third-order valence-corrected chi connectivity index (χ3v) is 6.30. The number of nitrogens with one attached hydrogen (secondary N) is 2. The van der Waals surface area contributed by atoms with Crippen molar-refractivity contribution in [1.82, 2.24) is 10.3 Å². The molecule has 2 heterocycles. The Hall–Kier alpha value is -2.41. The minimum atomic E-state index is -0.183. The standard InChI is InChI=1S/C21H26N4O2S/c26-19(25-13-12-15-6-4-5-9-18(15)25)11-10-17-14-28-21(23-17)24-20(27)22-16-7-2-1-3-8-16/h4-6,9,14,16H,1-3,7-8,10-13H2,(H2,22,23,24,27). The van der Waals surface area contributed by atoms with Gasteiger partial charge in [-0.2, -0.15) is 0 Å². The van der Waals surface area contributed by atoms with Crippen molar-refractivity contribution in [1.29, 1.82) is 0 Å². The topological polar surface area (TPSA) is 74.3 Å².